The number of nitro benzene ring substituents is 1. The van der Waals surface area contributed by atoms with Gasteiger partial charge >= 0.3 is 0 Å². The Bertz CT molecular complexity index is 975. The number of nitrogens with zero attached hydrogens (tertiary/aromatic N) is 2. The van der Waals surface area contributed by atoms with Crippen LogP contribution in [0.4, 0.5) is 5.69 Å². The Labute approximate surface area is 168 Å². The van der Waals surface area contributed by atoms with Gasteiger partial charge < -0.3 is 9.32 Å². The van der Waals surface area contributed by atoms with Gasteiger partial charge in [0.05, 0.1) is 16.1 Å². The highest BCUT2D eigenvalue weighted by atomic mass is 32.2. The van der Waals surface area contributed by atoms with Crippen LogP contribution in [0.15, 0.2) is 58.1 Å². The van der Waals surface area contributed by atoms with Crippen molar-refractivity contribution in [3.05, 3.63) is 64.6 Å². The van der Waals surface area contributed by atoms with Gasteiger partial charge in [0.15, 0.2) is 0 Å². The van der Waals surface area contributed by atoms with Crippen molar-refractivity contribution < 1.29 is 22.6 Å². The van der Waals surface area contributed by atoms with Crippen molar-refractivity contribution in [3.63, 3.8) is 0 Å². The Morgan fingerprint density at radius 1 is 1.24 bits per heavy atom. The fourth-order valence-electron chi connectivity index (χ4n) is 3.06. The number of hydrogen-bond donors (Lipinski definition) is 1. The van der Waals surface area contributed by atoms with E-state index in [-0.39, 0.29) is 29.0 Å². The first-order chi connectivity index (χ1) is 13.8. The molecule has 9 nitrogen and oxygen atoms in total. The molecule has 2 aromatic rings. The summed E-state index contributed by atoms with van der Waals surface area (Å²) in [5.74, 6) is 0.612. The molecule has 1 N–H and O–H groups in total. The second-order valence-corrected chi connectivity index (χ2v) is 8.49. The van der Waals surface area contributed by atoms with Crippen molar-refractivity contribution in [2.45, 2.75) is 17.7 Å². The van der Waals surface area contributed by atoms with Crippen LogP contribution in [-0.2, 0) is 14.8 Å². The van der Waals surface area contributed by atoms with E-state index >= 15 is 0 Å². The Balaban J connectivity index is 1.47. The zero-order valence-electron chi connectivity index (χ0n) is 15.6. The van der Waals surface area contributed by atoms with Crippen LogP contribution in [0.2, 0.25) is 0 Å². The van der Waals surface area contributed by atoms with Crippen molar-refractivity contribution in [2.75, 3.05) is 19.6 Å². The topological polar surface area (TPSA) is 123 Å². The smallest absolute Gasteiger partial charge is 0.269 e. The number of carbonyl (C=O) groups excluding carboxylic acids is 1. The average molecular weight is 419 g/mol. The maximum absolute atomic E-state index is 12.4. The number of non-ortho nitro benzene ring substituents is 1. The summed E-state index contributed by atoms with van der Waals surface area (Å²) in [6.45, 7) is 1.35. The minimum absolute atomic E-state index is 0.0150. The van der Waals surface area contributed by atoms with Crippen LogP contribution in [-0.4, -0.2) is 43.8 Å². The van der Waals surface area contributed by atoms with Crippen LogP contribution in [0.25, 0.3) is 6.08 Å². The van der Waals surface area contributed by atoms with Crippen molar-refractivity contribution in [1.29, 1.82) is 0 Å². The van der Waals surface area contributed by atoms with Gasteiger partial charge in [0.2, 0.25) is 15.9 Å². The first kappa shape index (κ1) is 20.7. The molecule has 0 bridgehead atoms. The molecule has 0 unspecified atom stereocenters. The average Bonchev–Trinajstić information content (AvgIpc) is 3.25. The van der Waals surface area contributed by atoms with E-state index < -0.39 is 14.9 Å². The summed E-state index contributed by atoms with van der Waals surface area (Å²) >= 11 is 0. The van der Waals surface area contributed by atoms with E-state index in [0.717, 1.165) is 12.1 Å². The molecule has 1 saturated heterocycles. The fraction of sp³-hybridized carbons (Fsp3) is 0.316. The first-order valence-electron chi connectivity index (χ1n) is 9.10. The van der Waals surface area contributed by atoms with Gasteiger partial charge in [-0.05, 0) is 49.1 Å². The number of likely N-dealkylation sites (tertiary alicyclic amines) is 1. The predicted octanol–water partition coefficient (Wildman–Crippen LogP) is 2.42. The number of nitro groups is 1. The fourth-order valence-corrected chi connectivity index (χ4v) is 4.18. The van der Waals surface area contributed by atoms with E-state index in [0.29, 0.717) is 31.7 Å². The number of amides is 1. The summed E-state index contributed by atoms with van der Waals surface area (Å²) in [6, 6.07) is 8.25. The molecule has 1 amide bonds. The quantitative estimate of drug-likeness (QED) is 0.418. The van der Waals surface area contributed by atoms with Gasteiger partial charge in [0, 0.05) is 37.8 Å². The largest absolute Gasteiger partial charge is 0.465 e. The molecule has 0 radical (unpaired) electrons. The number of piperidine rings is 1. The van der Waals surface area contributed by atoms with Crippen molar-refractivity contribution >= 4 is 27.7 Å². The number of furan rings is 1. The predicted molar refractivity (Wildman–Crippen MR) is 105 cm³/mol. The van der Waals surface area contributed by atoms with Crippen LogP contribution in [0.1, 0.15) is 18.6 Å². The summed E-state index contributed by atoms with van der Waals surface area (Å²) in [6.07, 6.45) is 5.99. The monoisotopic (exact) mass is 419 g/mol. The molecular formula is C19H21N3O6S. The maximum atomic E-state index is 12.4. The highest BCUT2D eigenvalue weighted by Crippen LogP contribution is 2.19. The Kier molecular flexibility index (Phi) is 6.45. The van der Waals surface area contributed by atoms with Crippen LogP contribution in [0.5, 0.6) is 0 Å². The van der Waals surface area contributed by atoms with Gasteiger partial charge in [0.1, 0.15) is 5.76 Å². The lowest BCUT2D eigenvalue weighted by Crippen LogP contribution is -2.40. The number of benzene rings is 1. The Morgan fingerprint density at radius 3 is 2.52 bits per heavy atom. The van der Waals surface area contributed by atoms with Crippen molar-refractivity contribution in [1.82, 2.24) is 9.62 Å². The van der Waals surface area contributed by atoms with Gasteiger partial charge in [0.25, 0.3) is 5.69 Å². The van der Waals surface area contributed by atoms with Crippen molar-refractivity contribution in [3.8, 4) is 0 Å². The lowest BCUT2D eigenvalue weighted by molar-refractivity contribution is -0.384. The van der Waals surface area contributed by atoms with Crippen LogP contribution < -0.4 is 4.72 Å². The number of sulfonamides is 1. The second kappa shape index (κ2) is 9.01. The van der Waals surface area contributed by atoms with E-state index in [1.54, 1.807) is 23.1 Å². The molecular weight excluding hydrogens is 398 g/mol. The Morgan fingerprint density at radius 2 is 1.93 bits per heavy atom. The number of rotatable bonds is 7. The third-order valence-electron chi connectivity index (χ3n) is 4.78. The van der Waals surface area contributed by atoms with Crippen LogP contribution in [0.3, 0.4) is 0 Å². The molecule has 0 saturated carbocycles. The zero-order chi connectivity index (χ0) is 20.9. The van der Waals surface area contributed by atoms with Crippen LogP contribution in [0, 0.1) is 16.0 Å². The molecule has 29 heavy (non-hydrogen) atoms. The van der Waals surface area contributed by atoms with E-state index in [9.17, 15) is 23.3 Å². The van der Waals surface area contributed by atoms with Gasteiger partial charge in [-0.15, -0.1) is 0 Å². The van der Waals surface area contributed by atoms with E-state index in [2.05, 4.69) is 4.72 Å². The minimum atomic E-state index is -3.74. The summed E-state index contributed by atoms with van der Waals surface area (Å²) in [4.78, 5) is 24.0. The molecule has 154 valence electrons. The molecule has 3 rings (SSSR count). The van der Waals surface area contributed by atoms with Gasteiger partial charge in [-0.2, -0.15) is 0 Å². The molecule has 1 aromatic carbocycles. The first-order valence-corrected chi connectivity index (χ1v) is 10.6. The molecule has 0 atom stereocenters. The SMILES string of the molecule is O=C(/C=C/c1ccco1)N1CCC(CNS(=O)(=O)c2ccc([N+](=O)[O-])cc2)CC1. The summed E-state index contributed by atoms with van der Waals surface area (Å²) in [5.41, 5.74) is -0.165. The second-order valence-electron chi connectivity index (χ2n) is 6.72. The lowest BCUT2D eigenvalue weighted by Gasteiger charge is -2.31. The molecule has 0 aliphatic carbocycles. The van der Waals surface area contributed by atoms with Gasteiger partial charge in [-0.25, -0.2) is 13.1 Å². The van der Waals surface area contributed by atoms with Gasteiger partial charge in [-0.3, -0.25) is 14.9 Å². The maximum Gasteiger partial charge on any atom is 0.269 e. The molecule has 0 spiro atoms. The van der Waals surface area contributed by atoms with E-state index in [1.165, 1.54) is 24.5 Å². The molecule has 1 aromatic heterocycles. The third-order valence-corrected chi connectivity index (χ3v) is 6.22. The molecule has 2 heterocycles. The molecule has 1 fully saturated rings. The minimum Gasteiger partial charge on any atom is -0.465 e. The van der Waals surface area contributed by atoms with Crippen molar-refractivity contribution in [2.24, 2.45) is 5.92 Å². The molecule has 1 aliphatic heterocycles. The summed E-state index contributed by atoms with van der Waals surface area (Å²) < 4.78 is 32.4. The third kappa shape index (κ3) is 5.52. The molecule has 1 aliphatic rings. The highest BCUT2D eigenvalue weighted by molar-refractivity contribution is 7.89. The summed E-state index contributed by atoms with van der Waals surface area (Å²) in [7, 11) is -3.74. The zero-order valence-corrected chi connectivity index (χ0v) is 16.4. The van der Waals surface area contributed by atoms with E-state index in [4.69, 9.17) is 4.42 Å². The number of hydrogen-bond acceptors (Lipinski definition) is 6. The highest BCUT2D eigenvalue weighted by Gasteiger charge is 2.24. The number of nitrogens with one attached hydrogen (secondary N) is 1. The normalized spacial score (nSPS) is 15.7. The number of carbonyl (C=O) groups is 1. The van der Waals surface area contributed by atoms with Crippen LogP contribution >= 0.6 is 0 Å². The summed E-state index contributed by atoms with van der Waals surface area (Å²) in [5, 5.41) is 10.7. The molecule has 10 heteroatoms. The van der Waals surface area contributed by atoms with Gasteiger partial charge in [-0.1, -0.05) is 0 Å². The Hall–Kier alpha value is -2.98. The lowest BCUT2D eigenvalue weighted by atomic mass is 9.97. The van der Waals surface area contributed by atoms with E-state index in [1.807, 2.05) is 0 Å². The standard InChI is InChI=1S/C19H21N3O6S/c23-19(8-5-17-2-1-13-28-17)21-11-9-15(10-12-21)14-20-29(26,27)18-6-3-16(4-7-18)22(24)25/h1-8,13,15,20H,9-12,14H2/b8-5+.